The Morgan fingerprint density at radius 2 is 1.19 bits per heavy atom. The molecule has 0 saturated heterocycles. The highest BCUT2D eigenvalue weighted by Gasteiger charge is 2.22. The molecule has 0 saturated carbocycles. The Balaban J connectivity index is 2.55. The SMILES string of the molecule is CC(C)Cc1nn(-p2c(CC(C)C)nnc2CC(C)C)c(CC(C)C)p1. The molecule has 0 spiro atoms. The number of nitrogens with zero attached hydrogens (tertiary/aromatic N) is 4. The lowest BCUT2D eigenvalue weighted by Crippen LogP contribution is -2.04. The lowest BCUT2D eigenvalue weighted by atomic mass is 10.1. The van der Waals surface area contributed by atoms with Crippen molar-refractivity contribution in [1.82, 2.24) is 19.7 Å². The first-order chi connectivity index (χ1) is 12.2. The minimum absolute atomic E-state index is 0.597. The van der Waals surface area contributed by atoms with Crippen LogP contribution in [0, 0.1) is 23.7 Å². The lowest BCUT2D eigenvalue weighted by molar-refractivity contribution is 0.621. The monoisotopic (exact) mass is 394 g/mol. The number of hydrogen-bond acceptors (Lipinski definition) is 3. The summed E-state index contributed by atoms with van der Waals surface area (Å²) in [5, 5.41) is 14.4. The summed E-state index contributed by atoms with van der Waals surface area (Å²) in [4.78, 5) is 0. The van der Waals surface area contributed by atoms with E-state index < -0.39 is 7.68 Å². The van der Waals surface area contributed by atoms with Gasteiger partial charge in [-0.1, -0.05) is 55.4 Å². The first-order valence-electron chi connectivity index (χ1n) is 10.1. The van der Waals surface area contributed by atoms with E-state index >= 15 is 0 Å². The van der Waals surface area contributed by atoms with Gasteiger partial charge in [-0.3, -0.25) is 0 Å². The van der Waals surface area contributed by atoms with E-state index in [1.807, 2.05) is 0 Å². The van der Waals surface area contributed by atoms with Crippen molar-refractivity contribution in [1.29, 1.82) is 0 Å². The quantitative estimate of drug-likeness (QED) is 0.498. The standard InChI is InChI=1S/C20H36N4P2/c1-13(2)9-17-23-24(20(25-17)12-16(7)8)26-18(10-14(3)4)21-22-19(26)11-15(5)6/h13-16H,9-12H2,1-8H3. The number of rotatable bonds is 9. The molecule has 6 heteroatoms. The molecule has 26 heavy (non-hydrogen) atoms. The number of aromatic nitrogens is 4. The van der Waals surface area contributed by atoms with Gasteiger partial charge in [0.1, 0.15) is 10.9 Å². The highest BCUT2D eigenvalue weighted by Crippen LogP contribution is 2.43. The van der Waals surface area contributed by atoms with E-state index in [0.29, 0.717) is 23.7 Å². The van der Waals surface area contributed by atoms with E-state index in [1.165, 1.54) is 29.9 Å². The van der Waals surface area contributed by atoms with Gasteiger partial charge < -0.3 is 0 Å². The highest BCUT2D eigenvalue weighted by atomic mass is 31.1. The Labute approximate surface area is 162 Å². The molecule has 0 aliphatic carbocycles. The van der Waals surface area contributed by atoms with Crippen LogP contribution in [0.15, 0.2) is 0 Å². The lowest BCUT2D eigenvalue weighted by Gasteiger charge is -2.13. The third kappa shape index (κ3) is 5.89. The summed E-state index contributed by atoms with van der Waals surface area (Å²) in [5.74, 6) is 2.48. The minimum Gasteiger partial charge on any atom is -0.216 e. The zero-order chi connectivity index (χ0) is 19.4. The Bertz CT molecular complexity index is 671. The fraction of sp³-hybridized carbons (Fsp3) is 0.800. The second-order valence-corrected chi connectivity index (χ2v) is 12.4. The molecule has 146 valence electrons. The van der Waals surface area contributed by atoms with Crippen molar-refractivity contribution >= 4 is 15.9 Å². The summed E-state index contributed by atoms with van der Waals surface area (Å²) in [6, 6.07) is 0. The van der Waals surface area contributed by atoms with E-state index in [9.17, 15) is 0 Å². The Morgan fingerprint density at radius 1 is 0.731 bits per heavy atom. The fourth-order valence-corrected chi connectivity index (χ4v) is 7.57. The Kier molecular flexibility index (Phi) is 7.86. The van der Waals surface area contributed by atoms with Crippen molar-refractivity contribution in [3.05, 3.63) is 21.7 Å². The van der Waals surface area contributed by atoms with Gasteiger partial charge in [0, 0.05) is 7.68 Å². The maximum atomic E-state index is 5.13. The van der Waals surface area contributed by atoms with Crippen molar-refractivity contribution in [3.63, 3.8) is 0 Å². The summed E-state index contributed by atoms with van der Waals surface area (Å²) < 4.78 is 2.37. The van der Waals surface area contributed by atoms with Crippen LogP contribution in [0.1, 0.15) is 77.1 Å². The van der Waals surface area contributed by atoms with Crippen molar-refractivity contribution in [2.75, 3.05) is 0 Å². The van der Waals surface area contributed by atoms with Gasteiger partial charge in [0.15, 0.2) is 0 Å². The molecule has 0 fully saturated rings. The topological polar surface area (TPSA) is 43.6 Å². The summed E-state index contributed by atoms with van der Waals surface area (Å²) in [6.07, 6.45) is 4.23. The molecular weight excluding hydrogens is 358 g/mol. The predicted octanol–water partition coefficient (Wildman–Crippen LogP) is 6.35. The van der Waals surface area contributed by atoms with E-state index in [-0.39, 0.29) is 0 Å². The smallest absolute Gasteiger partial charge is 0.105 e. The van der Waals surface area contributed by atoms with Crippen LogP contribution in [0.2, 0.25) is 0 Å². The molecule has 0 N–H and O–H groups in total. The molecule has 0 amide bonds. The van der Waals surface area contributed by atoms with Gasteiger partial charge in [0.2, 0.25) is 0 Å². The van der Waals surface area contributed by atoms with E-state index in [2.05, 4.69) is 70.0 Å². The van der Waals surface area contributed by atoms with Crippen LogP contribution >= 0.6 is 15.9 Å². The average Bonchev–Trinajstić information content (AvgIpc) is 3.00. The van der Waals surface area contributed by atoms with E-state index in [1.54, 1.807) is 0 Å². The van der Waals surface area contributed by atoms with E-state index in [0.717, 1.165) is 25.7 Å². The third-order valence-electron chi connectivity index (χ3n) is 4.02. The molecule has 0 unspecified atom stereocenters. The molecule has 0 bridgehead atoms. The van der Waals surface area contributed by atoms with Crippen LogP contribution in [0.3, 0.4) is 0 Å². The molecule has 0 aromatic carbocycles. The van der Waals surface area contributed by atoms with Gasteiger partial charge in [0.05, 0.1) is 10.9 Å². The molecule has 0 aliphatic rings. The molecular formula is C20H36N4P2. The highest BCUT2D eigenvalue weighted by molar-refractivity contribution is 7.50. The van der Waals surface area contributed by atoms with Crippen molar-refractivity contribution < 1.29 is 0 Å². The van der Waals surface area contributed by atoms with Crippen LogP contribution in [0.5, 0.6) is 0 Å². The maximum Gasteiger partial charge on any atom is 0.105 e. The van der Waals surface area contributed by atoms with Gasteiger partial charge in [-0.25, -0.2) is 4.45 Å². The normalized spacial score (nSPS) is 12.6. The van der Waals surface area contributed by atoms with E-state index in [4.69, 9.17) is 5.10 Å². The van der Waals surface area contributed by atoms with Crippen LogP contribution in [0.4, 0.5) is 0 Å². The van der Waals surface area contributed by atoms with Crippen LogP contribution in [-0.2, 0) is 25.7 Å². The molecule has 4 nitrogen and oxygen atoms in total. The summed E-state index contributed by atoms with van der Waals surface area (Å²) >= 11 is 0. The largest absolute Gasteiger partial charge is 0.216 e. The van der Waals surface area contributed by atoms with Gasteiger partial charge in [-0.05, 0) is 57.5 Å². The Hall–Kier alpha value is -0.720. The fourth-order valence-electron chi connectivity index (χ4n) is 3.04. The maximum absolute atomic E-state index is 5.13. The molecule has 2 aromatic heterocycles. The molecule has 2 heterocycles. The summed E-state index contributed by atoms with van der Waals surface area (Å²) in [5.41, 5.74) is 5.29. The molecule has 0 radical (unpaired) electrons. The van der Waals surface area contributed by atoms with Gasteiger partial charge in [-0.2, -0.15) is 5.10 Å². The molecule has 2 aromatic rings. The molecule has 0 aliphatic heterocycles. The third-order valence-corrected chi connectivity index (χ3v) is 7.57. The molecule has 0 atom stereocenters. The first kappa shape index (κ1) is 21.6. The van der Waals surface area contributed by atoms with Crippen molar-refractivity contribution in [3.8, 4) is 0 Å². The van der Waals surface area contributed by atoms with Crippen molar-refractivity contribution in [2.24, 2.45) is 23.7 Å². The second-order valence-electron chi connectivity index (χ2n) is 9.07. The molecule has 2 rings (SSSR count). The van der Waals surface area contributed by atoms with Crippen LogP contribution in [0.25, 0.3) is 0 Å². The first-order valence-corrected chi connectivity index (χ1v) is 12.2. The van der Waals surface area contributed by atoms with Crippen LogP contribution in [-0.4, -0.2) is 19.7 Å². The minimum atomic E-state index is -0.658. The van der Waals surface area contributed by atoms with Crippen LogP contribution < -0.4 is 0 Å². The zero-order valence-corrected chi connectivity index (χ0v) is 19.6. The Morgan fingerprint density at radius 3 is 1.62 bits per heavy atom. The van der Waals surface area contributed by atoms with Gasteiger partial charge >= 0.3 is 0 Å². The predicted molar refractivity (Wildman–Crippen MR) is 114 cm³/mol. The average molecular weight is 394 g/mol. The number of hydrogen-bond donors (Lipinski definition) is 0. The summed E-state index contributed by atoms with van der Waals surface area (Å²) in [6.45, 7) is 18.2. The van der Waals surface area contributed by atoms with Gasteiger partial charge in [-0.15, -0.1) is 10.2 Å². The summed E-state index contributed by atoms with van der Waals surface area (Å²) in [7, 11) is 0.670. The zero-order valence-electron chi connectivity index (χ0n) is 17.8. The second kappa shape index (κ2) is 9.47. The van der Waals surface area contributed by atoms with Gasteiger partial charge in [0.25, 0.3) is 0 Å². The van der Waals surface area contributed by atoms with Crippen molar-refractivity contribution in [2.45, 2.75) is 81.1 Å².